The minimum absolute atomic E-state index is 0.401. The fraction of sp³-hybridized carbons (Fsp3) is 0.944. The molecule has 0 radical (unpaired) electrons. The SMILES string of the molecule is CN=C(NCCCOC1CCOCC1)N1CCC(CC(C)C)C1. The molecule has 2 heterocycles. The lowest BCUT2D eigenvalue weighted by Gasteiger charge is -2.23. The molecule has 5 heteroatoms. The lowest BCUT2D eigenvalue weighted by molar-refractivity contribution is -0.0320. The van der Waals surface area contributed by atoms with Crippen molar-refractivity contribution in [1.29, 1.82) is 0 Å². The molecule has 5 nitrogen and oxygen atoms in total. The summed E-state index contributed by atoms with van der Waals surface area (Å²) in [6, 6.07) is 0. The quantitative estimate of drug-likeness (QED) is 0.444. The molecule has 134 valence electrons. The molecule has 2 saturated heterocycles. The highest BCUT2D eigenvalue weighted by Gasteiger charge is 2.25. The van der Waals surface area contributed by atoms with Gasteiger partial charge in [-0.25, -0.2) is 0 Å². The highest BCUT2D eigenvalue weighted by Crippen LogP contribution is 2.23. The van der Waals surface area contributed by atoms with Gasteiger partial charge in [-0.1, -0.05) is 13.8 Å². The summed E-state index contributed by atoms with van der Waals surface area (Å²) in [5.74, 6) is 2.67. The van der Waals surface area contributed by atoms with Crippen LogP contribution in [0.1, 0.15) is 46.0 Å². The molecule has 2 rings (SSSR count). The van der Waals surface area contributed by atoms with E-state index in [1.807, 2.05) is 7.05 Å². The van der Waals surface area contributed by atoms with Crippen LogP contribution in [0.25, 0.3) is 0 Å². The zero-order valence-corrected chi connectivity index (χ0v) is 15.2. The predicted molar refractivity (Wildman–Crippen MR) is 94.9 cm³/mol. The monoisotopic (exact) mass is 325 g/mol. The summed E-state index contributed by atoms with van der Waals surface area (Å²) in [6.07, 6.45) is 6.14. The Balaban J connectivity index is 1.58. The van der Waals surface area contributed by atoms with Gasteiger partial charge in [-0.05, 0) is 43.9 Å². The van der Waals surface area contributed by atoms with Crippen molar-refractivity contribution in [3.8, 4) is 0 Å². The van der Waals surface area contributed by atoms with Crippen molar-refractivity contribution in [2.75, 3.05) is 46.5 Å². The Kier molecular flexibility index (Phi) is 8.17. The highest BCUT2D eigenvalue weighted by atomic mass is 16.5. The molecule has 0 amide bonds. The van der Waals surface area contributed by atoms with Crippen molar-refractivity contribution in [3.05, 3.63) is 0 Å². The van der Waals surface area contributed by atoms with Gasteiger partial charge >= 0.3 is 0 Å². The first-order valence-corrected chi connectivity index (χ1v) is 9.34. The van der Waals surface area contributed by atoms with Crippen LogP contribution in [0, 0.1) is 11.8 Å². The van der Waals surface area contributed by atoms with Crippen molar-refractivity contribution in [1.82, 2.24) is 10.2 Å². The van der Waals surface area contributed by atoms with Crippen LogP contribution in [0.15, 0.2) is 4.99 Å². The van der Waals surface area contributed by atoms with Crippen molar-refractivity contribution in [3.63, 3.8) is 0 Å². The average Bonchev–Trinajstić information content (AvgIpc) is 2.99. The van der Waals surface area contributed by atoms with E-state index in [1.165, 1.54) is 12.8 Å². The third-order valence-electron chi connectivity index (χ3n) is 4.73. The lowest BCUT2D eigenvalue weighted by Crippen LogP contribution is -2.40. The average molecular weight is 325 g/mol. The van der Waals surface area contributed by atoms with Crippen LogP contribution in [-0.2, 0) is 9.47 Å². The van der Waals surface area contributed by atoms with Crippen molar-refractivity contribution < 1.29 is 9.47 Å². The summed E-state index contributed by atoms with van der Waals surface area (Å²) < 4.78 is 11.3. The fourth-order valence-corrected chi connectivity index (χ4v) is 3.58. The molecule has 0 aromatic heterocycles. The number of likely N-dealkylation sites (tertiary alicyclic amines) is 1. The third kappa shape index (κ3) is 6.68. The Hall–Kier alpha value is -0.810. The van der Waals surface area contributed by atoms with Crippen LogP contribution in [-0.4, -0.2) is 63.5 Å². The first-order valence-electron chi connectivity index (χ1n) is 9.34. The van der Waals surface area contributed by atoms with Crippen LogP contribution < -0.4 is 5.32 Å². The number of aliphatic imine (C=N–C) groups is 1. The van der Waals surface area contributed by atoms with Gasteiger partial charge in [0.25, 0.3) is 0 Å². The van der Waals surface area contributed by atoms with E-state index >= 15 is 0 Å². The number of rotatable bonds is 7. The van der Waals surface area contributed by atoms with Crippen LogP contribution in [0.2, 0.25) is 0 Å². The molecule has 0 bridgehead atoms. The number of guanidine groups is 1. The van der Waals surface area contributed by atoms with E-state index in [1.54, 1.807) is 0 Å². The summed E-state index contributed by atoms with van der Waals surface area (Å²) >= 11 is 0. The summed E-state index contributed by atoms with van der Waals surface area (Å²) in [7, 11) is 1.89. The smallest absolute Gasteiger partial charge is 0.193 e. The van der Waals surface area contributed by atoms with Crippen molar-refractivity contribution in [2.45, 2.75) is 52.1 Å². The number of nitrogens with one attached hydrogen (secondary N) is 1. The van der Waals surface area contributed by atoms with Gasteiger partial charge in [-0.2, -0.15) is 0 Å². The van der Waals surface area contributed by atoms with E-state index in [2.05, 4.69) is 29.1 Å². The Morgan fingerprint density at radius 1 is 1.30 bits per heavy atom. The highest BCUT2D eigenvalue weighted by molar-refractivity contribution is 5.80. The minimum Gasteiger partial charge on any atom is -0.381 e. The Bertz CT molecular complexity index is 354. The number of hydrogen-bond donors (Lipinski definition) is 1. The van der Waals surface area contributed by atoms with Crippen molar-refractivity contribution in [2.24, 2.45) is 16.8 Å². The van der Waals surface area contributed by atoms with Gasteiger partial charge in [0.05, 0.1) is 6.10 Å². The second-order valence-corrected chi connectivity index (χ2v) is 7.24. The summed E-state index contributed by atoms with van der Waals surface area (Å²) in [5.41, 5.74) is 0. The minimum atomic E-state index is 0.401. The maximum Gasteiger partial charge on any atom is 0.193 e. The molecular weight excluding hydrogens is 290 g/mol. The molecule has 0 spiro atoms. The first kappa shape index (κ1) is 18.5. The molecule has 1 atom stereocenters. The predicted octanol–water partition coefficient (Wildman–Crippen LogP) is 2.52. The lowest BCUT2D eigenvalue weighted by atomic mass is 9.97. The summed E-state index contributed by atoms with van der Waals surface area (Å²) in [5, 5.41) is 3.49. The third-order valence-corrected chi connectivity index (χ3v) is 4.73. The van der Waals surface area contributed by atoms with Crippen LogP contribution >= 0.6 is 0 Å². The first-order chi connectivity index (χ1) is 11.2. The van der Waals surface area contributed by atoms with Crippen LogP contribution in [0.4, 0.5) is 0 Å². The van der Waals surface area contributed by atoms with Gasteiger partial charge in [-0.15, -0.1) is 0 Å². The van der Waals surface area contributed by atoms with E-state index in [0.717, 1.165) is 76.5 Å². The summed E-state index contributed by atoms with van der Waals surface area (Å²) in [4.78, 5) is 6.85. The van der Waals surface area contributed by atoms with Crippen LogP contribution in [0.5, 0.6) is 0 Å². The van der Waals surface area contributed by atoms with Gasteiger partial charge in [0.1, 0.15) is 0 Å². The molecular formula is C18H35N3O2. The Morgan fingerprint density at radius 2 is 2.09 bits per heavy atom. The molecule has 2 aliphatic heterocycles. The number of hydrogen-bond acceptors (Lipinski definition) is 3. The maximum absolute atomic E-state index is 5.91. The van der Waals surface area contributed by atoms with Gasteiger partial charge in [0.15, 0.2) is 5.96 Å². The molecule has 2 aliphatic rings. The second kappa shape index (κ2) is 10.1. The standard InChI is InChI=1S/C18H35N3O2/c1-15(2)13-16-5-9-21(14-16)18(19-3)20-8-4-10-23-17-6-11-22-12-7-17/h15-17H,4-14H2,1-3H3,(H,19,20). The second-order valence-electron chi connectivity index (χ2n) is 7.24. The molecule has 1 unspecified atom stereocenters. The van der Waals surface area contributed by atoms with Crippen molar-refractivity contribution >= 4 is 5.96 Å². The van der Waals surface area contributed by atoms with E-state index in [4.69, 9.17) is 9.47 Å². The normalized spacial score (nSPS) is 23.7. The molecule has 0 saturated carbocycles. The van der Waals surface area contributed by atoms with E-state index < -0.39 is 0 Å². The molecule has 0 aliphatic carbocycles. The molecule has 2 fully saturated rings. The summed E-state index contributed by atoms with van der Waals surface area (Å²) in [6.45, 7) is 10.4. The molecule has 0 aromatic rings. The number of nitrogens with zero attached hydrogens (tertiary/aromatic N) is 2. The van der Waals surface area contributed by atoms with Gasteiger partial charge < -0.3 is 19.7 Å². The Morgan fingerprint density at radius 3 is 2.78 bits per heavy atom. The topological polar surface area (TPSA) is 46.1 Å². The number of ether oxygens (including phenoxy) is 2. The van der Waals surface area contributed by atoms with E-state index in [9.17, 15) is 0 Å². The Labute approximate surface area is 141 Å². The van der Waals surface area contributed by atoms with E-state index in [-0.39, 0.29) is 0 Å². The molecule has 1 N–H and O–H groups in total. The molecule has 0 aromatic carbocycles. The zero-order valence-electron chi connectivity index (χ0n) is 15.2. The van der Waals surface area contributed by atoms with Crippen LogP contribution in [0.3, 0.4) is 0 Å². The van der Waals surface area contributed by atoms with Gasteiger partial charge in [0.2, 0.25) is 0 Å². The van der Waals surface area contributed by atoms with Gasteiger partial charge in [-0.3, -0.25) is 4.99 Å². The zero-order chi connectivity index (χ0) is 16.5. The fourth-order valence-electron chi connectivity index (χ4n) is 3.58. The largest absolute Gasteiger partial charge is 0.381 e. The van der Waals surface area contributed by atoms with Gasteiger partial charge in [0, 0.05) is 46.5 Å². The maximum atomic E-state index is 5.91. The molecule has 23 heavy (non-hydrogen) atoms. The van der Waals surface area contributed by atoms with E-state index in [0.29, 0.717) is 6.10 Å².